The molecule has 5 nitrogen and oxygen atoms in total. The molecule has 1 aliphatic carbocycles. The van der Waals surface area contributed by atoms with Gasteiger partial charge in [-0.15, -0.1) is 0 Å². The van der Waals surface area contributed by atoms with E-state index in [1.807, 2.05) is 6.07 Å². The third-order valence-electron chi connectivity index (χ3n) is 2.95. The van der Waals surface area contributed by atoms with Crippen molar-refractivity contribution in [3.8, 4) is 6.07 Å². The maximum atomic E-state index is 11.6. The number of nitriles is 1. The fourth-order valence-electron chi connectivity index (χ4n) is 1.97. The maximum absolute atomic E-state index is 11.6. The van der Waals surface area contributed by atoms with Gasteiger partial charge in [-0.2, -0.15) is 5.26 Å². The van der Waals surface area contributed by atoms with Gasteiger partial charge < -0.3 is 4.74 Å². The van der Waals surface area contributed by atoms with Crippen molar-refractivity contribution in [1.82, 2.24) is 0 Å². The van der Waals surface area contributed by atoms with Crippen LogP contribution < -0.4 is 0 Å². The van der Waals surface area contributed by atoms with Crippen LogP contribution in [0.3, 0.4) is 0 Å². The Labute approximate surface area is 95.3 Å². The van der Waals surface area contributed by atoms with Crippen molar-refractivity contribution >= 4 is 15.8 Å². The summed E-state index contributed by atoms with van der Waals surface area (Å²) < 4.78 is 27.5. The number of nitrogens with zero attached hydrogens (tertiary/aromatic N) is 1. The summed E-state index contributed by atoms with van der Waals surface area (Å²) in [5.41, 5.74) is -1.26. The van der Waals surface area contributed by atoms with Gasteiger partial charge in [-0.25, -0.2) is 8.42 Å². The quantitative estimate of drug-likeness (QED) is 0.682. The summed E-state index contributed by atoms with van der Waals surface area (Å²) in [6.45, 7) is 1.86. The predicted octanol–water partition coefficient (Wildman–Crippen LogP) is 0.657. The first-order chi connectivity index (χ1) is 7.35. The fourth-order valence-corrected chi connectivity index (χ4v) is 3.10. The summed E-state index contributed by atoms with van der Waals surface area (Å²) in [5.74, 6) is -0.594. The van der Waals surface area contributed by atoms with Gasteiger partial charge in [-0.05, 0) is 26.2 Å². The number of carbonyl (C=O) groups excluding carboxylic acids is 1. The van der Waals surface area contributed by atoms with Gasteiger partial charge in [0, 0.05) is 6.26 Å². The van der Waals surface area contributed by atoms with E-state index in [-0.39, 0.29) is 19.4 Å². The Morgan fingerprint density at radius 3 is 2.62 bits per heavy atom. The molecule has 1 fully saturated rings. The lowest BCUT2D eigenvalue weighted by molar-refractivity contribution is -0.151. The predicted molar refractivity (Wildman–Crippen MR) is 57.2 cm³/mol. The molecule has 0 aromatic rings. The first kappa shape index (κ1) is 13.0. The highest BCUT2D eigenvalue weighted by Crippen LogP contribution is 2.41. The molecule has 0 saturated heterocycles. The summed E-state index contributed by atoms with van der Waals surface area (Å²) in [6, 6.07) is 1.93. The van der Waals surface area contributed by atoms with E-state index in [2.05, 4.69) is 0 Å². The summed E-state index contributed by atoms with van der Waals surface area (Å²) in [5, 5.41) is 8.45. The van der Waals surface area contributed by atoms with Crippen LogP contribution in [0.5, 0.6) is 0 Å². The summed E-state index contributed by atoms with van der Waals surface area (Å²) in [6.07, 6.45) is 1.81. The Balaban J connectivity index is 2.89. The molecule has 1 saturated carbocycles. The van der Waals surface area contributed by atoms with Crippen molar-refractivity contribution in [1.29, 1.82) is 5.26 Å². The first-order valence-corrected chi connectivity index (χ1v) is 7.08. The first-order valence-electron chi connectivity index (χ1n) is 5.13. The molecule has 0 aromatic heterocycles. The van der Waals surface area contributed by atoms with E-state index in [4.69, 9.17) is 10.00 Å². The van der Waals surface area contributed by atoms with Gasteiger partial charge in [0.2, 0.25) is 0 Å². The summed E-state index contributed by atoms with van der Waals surface area (Å²) >= 11 is 0. The second kappa shape index (κ2) is 4.42. The molecule has 0 bridgehead atoms. The van der Waals surface area contributed by atoms with Gasteiger partial charge in [-0.3, -0.25) is 4.79 Å². The van der Waals surface area contributed by atoms with Crippen molar-refractivity contribution in [3.63, 3.8) is 0 Å². The second-order valence-corrected chi connectivity index (χ2v) is 6.43. The van der Waals surface area contributed by atoms with E-state index < -0.39 is 26.5 Å². The molecule has 0 spiro atoms. The Kier molecular flexibility index (Phi) is 3.58. The Morgan fingerprint density at radius 1 is 1.62 bits per heavy atom. The minimum atomic E-state index is -3.19. The number of ether oxygens (including phenoxy) is 1. The number of rotatable bonds is 3. The van der Waals surface area contributed by atoms with Crippen molar-refractivity contribution < 1.29 is 17.9 Å². The van der Waals surface area contributed by atoms with Gasteiger partial charge >= 0.3 is 5.97 Å². The van der Waals surface area contributed by atoms with Gasteiger partial charge in [0.05, 0.1) is 17.9 Å². The lowest BCUT2D eigenvalue weighted by Crippen LogP contribution is -2.30. The van der Waals surface area contributed by atoms with Crippen molar-refractivity contribution in [2.45, 2.75) is 31.4 Å². The zero-order chi connectivity index (χ0) is 12.4. The van der Waals surface area contributed by atoms with Gasteiger partial charge in [0.25, 0.3) is 0 Å². The Hall–Kier alpha value is -1.09. The van der Waals surface area contributed by atoms with Crippen molar-refractivity contribution in [3.05, 3.63) is 0 Å². The average molecular weight is 245 g/mol. The monoisotopic (exact) mass is 245 g/mol. The van der Waals surface area contributed by atoms with Crippen LogP contribution in [-0.2, 0) is 19.4 Å². The second-order valence-electron chi connectivity index (χ2n) is 4.11. The number of hydrogen-bond donors (Lipinski definition) is 0. The van der Waals surface area contributed by atoms with Crippen LogP contribution in [0.1, 0.15) is 26.2 Å². The molecule has 0 amide bonds. The van der Waals surface area contributed by atoms with Crippen LogP contribution >= 0.6 is 0 Å². The molecule has 0 unspecified atom stereocenters. The Morgan fingerprint density at radius 2 is 2.25 bits per heavy atom. The molecule has 1 aliphatic rings. The highest BCUT2D eigenvalue weighted by atomic mass is 32.2. The molecule has 2 atom stereocenters. The molecule has 6 heteroatoms. The third-order valence-corrected chi connectivity index (χ3v) is 4.57. The van der Waals surface area contributed by atoms with Crippen LogP contribution in [0.15, 0.2) is 0 Å². The van der Waals surface area contributed by atoms with Gasteiger partial charge in [0.1, 0.15) is 9.84 Å². The zero-order valence-electron chi connectivity index (χ0n) is 9.39. The van der Waals surface area contributed by atoms with E-state index in [0.29, 0.717) is 6.42 Å². The SMILES string of the molecule is CCOC(=O)[C@@]1(C#N)CC[C@H](S(C)(=O)=O)C1. The largest absolute Gasteiger partial charge is 0.465 e. The standard InChI is InChI=1S/C10H15NO4S/c1-3-15-9(12)10(7-11)5-4-8(6-10)16(2,13)14/h8H,3-6H2,1-2H3/t8-,10-/m0/s1. The van der Waals surface area contributed by atoms with Crippen LogP contribution in [0.4, 0.5) is 0 Å². The average Bonchev–Trinajstić information content (AvgIpc) is 2.63. The van der Waals surface area contributed by atoms with E-state index in [0.717, 1.165) is 6.26 Å². The number of hydrogen-bond acceptors (Lipinski definition) is 5. The molecule has 0 aromatic carbocycles. The van der Waals surface area contributed by atoms with E-state index in [9.17, 15) is 13.2 Å². The van der Waals surface area contributed by atoms with Crippen LogP contribution in [0.25, 0.3) is 0 Å². The molecule has 1 rings (SSSR count). The lowest BCUT2D eigenvalue weighted by Gasteiger charge is -2.18. The van der Waals surface area contributed by atoms with Crippen LogP contribution in [0.2, 0.25) is 0 Å². The minimum Gasteiger partial charge on any atom is -0.465 e. The molecule has 0 heterocycles. The number of carbonyl (C=O) groups is 1. The molecule has 90 valence electrons. The fraction of sp³-hybridized carbons (Fsp3) is 0.800. The molecule has 0 aliphatic heterocycles. The molecule has 0 radical (unpaired) electrons. The smallest absolute Gasteiger partial charge is 0.326 e. The maximum Gasteiger partial charge on any atom is 0.326 e. The molecule has 0 N–H and O–H groups in total. The van der Waals surface area contributed by atoms with E-state index >= 15 is 0 Å². The Bertz CT molecular complexity index is 423. The molecular formula is C10H15NO4S. The van der Waals surface area contributed by atoms with E-state index in [1.165, 1.54) is 0 Å². The van der Waals surface area contributed by atoms with Crippen molar-refractivity contribution in [2.24, 2.45) is 5.41 Å². The van der Waals surface area contributed by atoms with Crippen LogP contribution in [0, 0.1) is 16.7 Å². The van der Waals surface area contributed by atoms with Crippen LogP contribution in [-0.4, -0.2) is 32.5 Å². The topological polar surface area (TPSA) is 84.2 Å². The van der Waals surface area contributed by atoms with Gasteiger partial charge in [-0.1, -0.05) is 0 Å². The minimum absolute atomic E-state index is 0.0567. The van der Waals surface area contributed by atoms with Gasteiger partial charge in [0.15, 0.2) is 5.41 Å². The number of esters is 1. The normalized spacial score (nSPS) is 29.7. The zero-order valence-corrected chi connectivity index (χ0v) is 10.2. The lowest BCUT2D eigenvalue weighted by atomic mass is 9.88. The summed E-state index contributed by atoms with van der Waals surface area (Å²) in [4.78, 5) is 11.6. The van der Waals surface area contributed by atoms with Crippen molar-refractivity contribution in [2.75, 3.05) is 12.9 Å². The summed E-state index contributed by atoms with van der Waals surface area (Å²) in [7, 11) is -3.19. The highest BCUT2D eigenvalue weighted by molar-refractivity contribution is 7.91. The third kappa shape index (κ3) is 2.35. The molecular weight excluding hydrogens is 230 g/mol. The highest BCUT2D eigenvalue weighted by Gasteiger charge is 2.49. The number of sulfone groups is 1. The molecule has 16 heavy (non-hydrogen) atoms. The van der Waals surface area contributed by atoms with E-state index in [1.54, 1.807) is 6.92 Å².